The molecule has 1 saturated heterocycles. The molecule has 3 heteroatoms. The molecule has 1 aromatic rings. The van der Waals surface area contributed by atoms with Crippen molar-refractivity contribution in [2.75, 3.05) is 26.3 Å². The second-order valence-corrected chi connectivity index (χ2v) is 5.97. The first-order valence-corrected chi connectivity index (χ1v) is 6.59. The van der Waals surface area contributed by atoms with Crippen molar-refractivity contribution < 1.29 is 4.39 Å². The Labute approximate surface area is 109 Å². The van der Waals surface area contributed by atoms with Crippen molar-refractivity contribution in [2.45, 2.75) is 31.8 Å². The molecule has 0 amide bonds. The van der Waals surface area contributed by atoms with Crippen LogP contribution in [0.2, 0.25) is 0 Å². The van der Waals surface area contributed by atoms with Gasteiger partial charge in [0.15, 0.2) is 0 Å². The van der Waals surface area contributed by atoms with Crippen LogP contribution in [0.25, 0.3) is 0 Å². The van der Waals surface area contributed by atoms with Crippen LogP contribution in [-0.4, -0.2) is 36.7 Å². The maximum Gasteiger partial charge on any atom is 0.102 e. The van der Waals surface area contributed by atoms with E-state index in [-0.39, 0.29) is 17.8 Å². The smallest absolute Gasteiger partial charge is 0.102 e. The number of nitrogens with one attached hydrogen (secondary N) is 1. The Balaban J connectivity index is 2.22. The fourth-order valence-electron chi connectivity index (χ4n) is 2.66. The molecule has 0 spiro atoms. The number of benzene rings is 1. The summed E-state index contributed by atoms with van der Waals surface area (Å²) < 4.78 is 12.7. The number of piperazine rings is 1. The van der Waals surface area contributed by atoms with E-state index in [0.29, 0.717) is 6.54 Å². The predicted octanol–water partition coefficient (Wildman–Crippen LogP) is 2.56. The van der Waals surface area contributed by atoms with E-state index < -0.39 is 0 Å². The number of hydrogen-bond acceptors (Lipinski definition) is 2. The van der Waals surface area contributed by atoms with Crippen molar-refractivity contribution in [3.8, 4) is 0 Å². The van der Waals surface area contributed by atoms with E-state index in [2.05, 4.69) is 55.3 Å². The van der Waals surface area contributed by atoms with Gasteiger partial charge >= 0.3 is 0 Å². The van der Waals surface area contributed by atoms with Crippen LogP contribution in [0.4, 0.5) is 4.39 Å². The molecular formula is C15H23FN2. The van der Waals surface area contributed by atoms with Crippen LogP contribution in [0.3, 0.4) is 0 Å². The molecular weight excluding hydrogens is 227 g/mol. The van der Waals surface area contributed by atoms with Gasteiger partial charge in [-0.25, -0.2) is 4.39 Å². The second kappa shape index (κ2) is 4.98. The van der Waals surface area contributed by atoms with Crippen molar-refractivity contribution in [1.82, 2.24) is 10.2 Å². The molecule has 0 radical (unpaired) electrons. The summed E-state index contributed by atoms with van der Waals surface area (Å²) >= 11 is 0. The van der Waals surface area contributed by atoms with E-state index in [0.717, 1.165) is 13.1 Å². The van der Waals surface area contributed by atoms with Gasteiger partial charge in [-0.15, -0.1) is 0 Å². The van der Waals surface area contributed by atoms with Crippen molar-refractivity contribution in [3.63, 3.8) is 0 Å². The maximum absolute atomic E-state index is 12.7. The molecule has 100 valence electrons. The summed E-state index contributed by atoms with van der Waals surface area (Å²) in [5.74, 6) is 0. The highest BCUT2D eigenvalue weighted by Gasteiger charge is 2.40. The van der Waals surface area contributed by atoms with E-state index >= 15 is 0 Å². The van der Waals surface area contributed by atoms with Gasteiger partial charge in [0.25, 0.3) is 0 Å². The Hall–Kier alpha value is -0.930. The summed E-state index contributed by atoms with van der Waals surface area (Å²) in [6.45, 7) is 8.47. The fourth-order valence-corrected chi connectivity index (χ4v) is 2.66. The van der Waals surface area contributed by atoms with Crippen LogP contribution in [0.15, 0.2) is 30.3 Å². The maximum atomic E-state index is 12.7. The van der Waals surface area contributed by atoms with E-state index in [4.69, 9.17) is 0 Å². The van der Waals surface area contributed by atoms with E-state index in [1.807, 2.05) is 6.07 Å². The molecule has 1 heterocycles. The van der Waals surface area contributed by atoms with Gasteiger partial charge in [0.2, 0.25) is 0 Å². The summed E-state index contributed by atoms with van der Waals surface area (Å²) in [6, 6.07) is 10.4. The first-order valence-electron chi connectivity index (χ1n) is 6.59. The van der Waals surface area contributed by atoms with Gasteiger partial charge in [-0.2, -0.15) is 0 Å². The Bertz CT molecular complexity index is 391. The zero-order valence-electron chi connectivity index (χ0n) is 11.5. The van der Waals surface area contributed by atoms with Gasteiger partial charge in [-0.05, 0) is 26.3 Å². The quantitative estimate of drug-likeness (QED) is 0.887. The molecule has 0 bridgehead atoms. The van der Waals surface area contributed by atoms with E-state index in [1.54, 1.807) is 0 Å². The third-order valence-electron chi connectivity index (χ3n) is 4.04. The van der Waals surface area contributed by atoms with Gasteiger partial charge in [-0.3, -0.25) is 4.90 Å². The zero-order valence-corrected chi connectivity index (χ0v) is 11.5. The summed E-state index contributed by atoms with van der Waals surface area (Å²) in [5.41, 5.74) is 1.19. The zero-order chi connectivity index (χ0) is 13.2. The van der Waals surface area contributed by atoms with Crippen molar-refractivity contribution in [1.29, 1.82) is 0 Å². The SMILES string of the molecule is CC1(c2ccccc2)CN(CCF)C(C)(C)CN1. The summed E-state index contributed by atoms with van der Waals surface area (Å²) in [5, 5.41) is 3.63. The van der Waals surface area contributed by atoms with Gasteiger partial charge in [0, 0.05) is 25.2 Å². The molecule has 1 atom stereocenters. The van der Waals surface area contributed by atoms with Crippen molar-refractivity contribution >= 4 is 0 Å². The largest absolute Gasteiger partial charge is 0.305 e. The Morgan fingerprint density at radius 3 is 2.50 bits per heavy atom. The molecule has 1 aliphatic rings. The van der Waals surface area contributed by atoms with Crippen LogP contribution in [0.1, 0.15) is 26.3 Å². The summed E-state index contributed by atoms with van der Waals surface area (Å²) in [6.07, 6.45) is 0. The Morgan fingerprint density at radius 2 is 1.89 bits per heavy atom. The predicted molar refractivity (Wildman–Crippen MR) is 73.4 cm³/mol. The molecule has 1 aromatic carbocycles. The molecule has 1 fully saturated rings. The topological polar surface area (TPSA) is 15.3 Å². The van der Waals surface area contributed by atoms with Crippen molar-refractivity contribution in [3.05, 3.63) is 35.9 Å². The lowest BCUT2D eigenvalue weighted by Crippen LogP contribution is -2.65. The van der Waals surface area contributed by atoms with Gasteiger partial charge < -0.3 is 5.32 Å². The van der Waals surface area contributed by atoms with Crippen molar-refractivity contribution in [2.24, 2.45) is 0 Å². The fraction of sp³-hybridized carbons (Fsp3) is 0.600. The van der Waals surface area contributed by atoms with Gasteiger partial charge in [0.05, 0.1) is 5.54 Å². The molecule has 0 saturated carbocycles. The molecule has 18 heavy (non-hydrogen) atoms. The minimum atomic E-state index is -0.283. The average Bonchev–Trinajstić information content (AvgIpc) is 2.36. The summed E-state index contributed by atoms with van der Waals surface area (Å²) in [7, 11) is 0. The number of rotatable bonds is 3. The number of halogens is 1. The molecule has 0 aromatic heterocycles. The first kappa shape index (κ1) is 13.5. The van der Waals surface area contributed by atoms with Crippen LogP contribution < -0.4 is 5.32 Å². The normalized spacial score (nSPS) is 28.2. The third-order valence-corrected chi connectivity index (χ3v) is 4.04. The molecule has 2 nitrogen and oxygen atoms in total. The van der Waals surface area contributed by atoms with Gasteiger partial charge in [0.1, 0.15) is 6.67 Å². The highest BCUT2D eigenvalue weighted by Crippen LogP contribution is 2.30. The Morgan fingerprint density at radius 1 is 1.22 bits per heavy atom. The molecule has 1 unspecified atom stereocenters. The van der Waals surface area contributed by atoms with Crippen LogP contribution >= 0.6 is 0 Å². The molecule has 1 N–H and O–H groups in total. The number of alkyl halides is 1. The average molecular weight is 250 g/mol. The lowest BCUT2D eigenvalue weighted by Gasteiger charge is -2.50. The molecule has 2 rings (SSSR count). The Kier molecular flexibility index (Phi) is 3.74. The standard InChI is InChI=1S/C15H23FN2/c1-14(2)11-17-15(3,12-18(14)10-9-16)13-7-5-4-6-8-13/h4-8,17H,9-12H2,1-3H3. The second-order valence-electron chi connectivity index (χ2n) is 5.97. The molecule has 0 aliphatic carbocycles. The van der Waals surface area contributed by atoms with Crippen LogP contribution in [0, 0.1) is 0 Å². The van der Waals surface area contributed by atoms with E-state index in [1.165, 1.54) is 5.56 Å². The monoisotopic (exact) mass is 250 g/mol. The highest BCUT2D eigenvalue weighted by molar-refractivity contribution is 5.25. The number of hydrogen-bond donors (Lipinski definition) is 1. The minimum absolute atomic E-state index is 0.0143. The van der Waals surface area contributed by atoms with Gasteiger partial charge in [-0.1, -0.05) is 30.3 Å². The van der Waals surface area contributed by atoms with Crippen LogP contribution in [0.5, 0.6) is 0 Å². The third kappa shape index (κ3) is 2.57. The number of nitrogens with zero attached hydrogens (tertiary/aromatic N) is 1. The lowest BCUT2D eigenvalue weighted by atomic mass is 9.85. The first-order chi connectivity index (χ1) is 8.48. The lowest BCUT2D eigenvalue weighted by molar-refractivity contribution is 0.0270. The van der Waals surface area contributed by atoms with Crippen LogP contribution in [-0.2, 0) is 5.54 Å². The van der Waals surface area contributed by atoms with E-state index in [9.17, 15) is 4.39 Å². The summed E-state index contributed by atoms with van der Waals surface area (Å²) in [4.78, 5) is 2.25. The highest BCUT2D eigenvalue weighted by atomic mass is 19.1. The minimum Gasteiger partial charge on any atom is -0.305 e. The molecule has 1 aliphatic heterocycles.